The standard InChI is InChI=1S/C20H20N4O2S/c25-17(18-7-4-10-27-18)11-15-5-3-9-24(15)20(26)14-12-22-19(23-13-14)16-6-1-2-8-21-16/h1-2,4,6-8,10,12-13,15,17,25H,3,5,9,11H2. The first-order chi connectivity index (χ1) is 13.2. The van der Waals surface area contributed by atoms with Crippen molar-refractivity contribution in [1.82, 2.24) is 19.9 Å². The third-order valence-electron chi connectivity index (χ3n) is 4.80. The van der Waals surface area contributed by atoms with E-state index in [0.717, 1.165) is 17.7 Å². The average molecular weight is 380 g/mol. The molecule has 1 aliphatic heterocycles. The molecule has 1 aliphatic rings. The molecule has 1 N–H and O–H groups in total. The zero-order chi connectivity index (χ0) is 18.6. The lowest BCUT2D eigenvalue weighted by atomic mass is 10.1. The van der Waals surface area contributed by atoms with E-state index in [1.54, 1.807) is 29.9 Å². The average Bonchev–Trinajstić information content (AvgIpc) is 3.40. The van der Waals surface area contributed by atoms with Gasteiger partial charge >= 0.3 is 0 Å². The van der Waals surface area contributed by atoms with Gasteiger partial charge in [0.2, 0.25) is 0 Å². The fourth-order valence-electron chi connectivity index (χ4n) is 3.43. The van der Waals surface area contributed by atoms with Gasteiger partial charge < -0.3 is 10.0 Å². The quantitative estimate of drug-likeness (QED) is 0.734. The van der Waals surface area contributed by atoms with Crippen LogP contribution in [0.5, 0.6) is 0 Å². The zero-order valence-corrected chi connectivity index (χ0v) is 15.5. The molecule has 138 valence electrons. The van der Waals surface area contributed by atoms with Crippen molar-refractivity contribution in [3.63, 3.8) is 0 Å². The molecule has 0 saturated carbocycles. The topological polar surface area (TPSA) is 79.2 Å². The summed E-state index contributed by atoms with van der Waals surface area (Å²) in [6.07, 6.45) is 6.67. The Bertz CT molecular complexity index is 884. The Morgan fingerprint density at radius 1 is 1.22 bits per heavy atom. The molecule has 2 unspecified atom stereocenters. The van der Waals surface area contributed by atoms with Gasteiger partial charge in [-0.2, -0.15) is 0 Å². The Labute approximate surface area is 161 Å². The first-order valence-corrected chi connectivity index (χ1v) is 9.86. The Morgan fingerprint density at radius 3 is 2.78 bits per heavy atom. The summed E-state index contributed by atoms with van der Waals surface area (Å²) in [4.78, 5) is 28.5. The lowest BCUT2D eigenvalue weighted by Gasteiger charge is -2.26. The van der Waals surface area contributed by atoms with Gasteiger partial charge in [0.15, 0.2) is 5.82 Å². The lowest BCUT2D eigenvalue weighted by molar-refractivity contribution is 0.0669. The third kappa shape index (κ3) is 3.89. The fourth-order valence-corrected chi connectivity index (χ4v) is 4.16. The molecule has 4 rings (SSSR count). The molecule has 3 aromatic heterocycles. The molecule has 27 heavy (non-hydrogen) atoms. The highest BCUT2D eigenvalue weighted by atomic mass is 32.1. The van der Waals surface area contributed by atoms with Gasteiger partial charge in [-0.15, -0.1) is 11.3 Å². The molecule has 0 radical (unpaired) electrons. The second-order valence-electron chi connectivity index (χ2n) is 6.57. The van der Waals surface area contributed by atoms with Crippen molar-refractivity contribution in [2.24, 2.45) is 0 Å². The molecular weight excluding hydrogens is 360 g/mol. The van der Waals surface area contributed by atoms with E-state index in [2.05, 4.69) is 15.0 Å². The van der Waals surface area contributed by atoms with Crippen LogP contribution in [0.3, 0.4) is 0 Å². The Kier molecular flexibility index (Phi) is 5.22. The third-order valence-corrected chi connectivity index (χ3v) is 5.77. The van der Waals surface area contributed by atoms with Crippen molar-refractivity contribution in [1.29, 1.82) is 0 Å². The zero-order valence-electron chi connectivity index (χ0n) is 14.7. The van der Waals surface area contributed by atoms with Crippen molar-refractivity contribution in [3.05, 3.63) is 64.7 Å². The van der Waals surface area contributed by atoms with Gasteiger partial charge in [-0.3, -0.25) is 9.78 Å². The molecule has 1 fully saturated rings. The second kappa shape index (κ2) is 7.94. The van der Waals surface area contributed by atoms with Crippen LogP contribution in [0.4, 0.5) is 0 Å². The number of aromatic nitrogens is 3. The van der Waals surface area contributed by atoms with Crippen molar-refractivity contribution in [2.75, 3.05) is 6.54 Å². The van der Waals surface area contributed by atoms with Gasteiger partial charge in [0.25, 0.3) is 5.91 Å². The summed E-state index contributed by atoms with van der Waals surface area (Å²) >= 11 is 1.54. The summed E-state index contributed by atoms with van der Waals surface area (Å²) in [7, 11) is 0. The molecule has 2 atom stereocenters. The van der Waals surface area contributed by atoms with E-state index in [0.29, 0.717) is 30.0 Å². The largest absolute Gasteiger partial charge is 0.387 e. The minimum absolute atomic E-state index is 0.0325. The molecule has 7 heteroatoms. The van der Waals surface area contributed by atoms with E-state index >= 15 is 0 Å². The normalized spacial score (nSPS) is 17.8. The number of hydrogen-bond acceptors (Lipinski definition) is 6. The van der Waals surface area contributed by atoms with Crippen molar-refractivity contribution in [3.8, 4) is 11.5 Å². The Balaban J connectivity index is 1.46. The maximum atomic E-state index is 12.9. The van der Waals surface area contributed by atoms with Crippen LogP contribution in [0, 0.1) is 0 Å². The number of amides is 1. The molecule has 6 nitrogen and oxygen atoms in total. The van der Waals surface area contributed by atoms with Crippen LogP contribution in [-0.4, -0.2) is 43.5 Å². The SMILES string of the molecule is O=C(c1cnc(-c2ccccn2)nc1)N1CCCC1CC(O)c1cccs1. The summed E-state index contributed by atoms with van der Waals surface area (Å²) in [5.41, 5.74) is 1.14. The number of likely N-dealkylation sites (tertiary alicyclic amines) is 1. The van der Waals surface area contributed by atoms with Crippen molar-refractivity contribution in [2.45, 2.75) is 31.4 Å². The molecule has 1 saturated heterocycles. The minimum atomic E-state index is -0.536. The number of pyridine rings is 1. The molecule has 3 aromatic rings. The highest BCUT2D eigenvalue weighted by Crippen LogP contribution is 2.30. The van der Waals surface area contributed by atoms with Crippen LogP contribution >= 0.6 is 11.3 Å². The predicted octanol–water partition coefficient (Wildman–Crippen LogP) is 3.33. The highest BCUT2D eigenvalue weighted by Gasteiger charge is 2.31. The van der Waals surface area contributed by atoms with Crippen LogP contribution in [0.15, 0.2) is 54.3 Å². The summed E-state index contributed by atoms with van der Waals surface area (Å²) in [6, 6.07) is 9.43. The highest BCUT2D eigenvalue weighted by molar-refractivity contribution is 7.10. The van der Waals surface area contributed by atoms with Crippen LogP contribution in [0.1, 0.15) is 40.6 Å². The minimum Gasteiger partial charge on any atom is -0.387 e. The molecule has 0 bridgehead atoms. The van der Waals surface area contributed by atoms with Gasteiger partial charge in [-0.05, 0) is 42.8 Å². The summed E-state index contributed by atoms with van der Waals surface area (Å²) in [5.74, 6) is 0.418. The van der Waals surface area contributed by atoms with Crippen LogP contribution in [0.25, 0.3) is 11.5 Å². The van der Waals surface area contributed by atoms with E-state index in [9.17, 15) is 9.90 Å². The first kappa shape index (κ1) is 17.8. The molecule has 0 aromatic carbocycles. The smallest absolute Gasteiger partial charge is 0.257 e. The van der Waals surface area contributed by atoms with Crippen LogP contribution < -0.4 is 0 Å². The number of carbonyl (C=O) groups excluding carboxylic acids is 1. The van der Waals surface area contributed by atoms with E-state index in [4.69, 9.17) is 0 Å². The van der Waals surface area contributed by atoms with Gasteiger partial charge in [0.05, 0.1) is 11.7 Å². The summed E-state index contributed by atoms with van der Waals surface area (Å²) in [5, 5.41) is 12.4. The molecule has 0 spiro atoms. The van der Waals surface area contributed by atoms with E-state index < -0.39 is 6.10 Å². The van der Waals surface area contributed by atoms with E-state index in [-0.39, 0.29) is 11.9 Å². The number of carbonyl (C=O) groups is 1. The lowest BCUT2D eigenvalue weighted by Crippen LogP contribution is -2.36. The Hall–Kier alpha value is -2.64. The number of thiophene rings is 1. The molecule has 4 heterocycles. The second-order valence-corrected chi connectivity index (χ2v) is 7.55. The number of aliphatic hydroxyl groups excluding tert-OH is 1. The summed E-state index contributed by atoms with van der Waals surface area (Å²) < 4.78 is 0. The number of nitrogens with zero attached hydrogens (tertiary/aromatic N) is 4. The number of rotatable bonds is 5. The predicted molar refractivity (Wildman–Crippen MR) is 103 cm³/mol. The van der Waals surface area contributed by atoms with Gasteiger partial charge in [-0.1, -0.05) is 12.1 Å². The maximum Gasteiger partial charge on any atom is 0.257 e. The molecule has 1 amide bonds. The number of aliphatic hydroxyl groups is 1. The van der Waals surface area contributed by atoms with Crippen LogP contribution in [0.2, 0.25) is 0 Å². The van der Waals surface area contributed by atoms with E-state index in [1.165, 1.54) is 0 Å². The Morgan fingerprint density at radius 2 is 2.07 bits per heavy atom. The van der Waals surface area contributed by atoms with Crippen molar-refractivity contribution < 1.29 is 9.90 Å². The number of hydrogen-bond donors (Lipinski definition) is 1. The van der Waals surface area contributed by atoms with Crippen LogP contribution in [-0.2, 0) is 0 Å². The first-order valence-electron chi connectivity index (χ1n) is 8.98. The summed E-state index contributed by atoms with van der Waals surface area (Å²) in [6.45, 7) is 0.697. The molecular formula is C20H20N4O2S. The van der Waals surface area contributed by atoms with E-state index in [1.807, 2.05) is 40.6 Å². The van der Waals surface area contributed by atoms with Gasteiger partial charge in [0.1, 0.15) is 5.69 Å². The maximum absolute atomic E-state index is 12.9. The fraction of sp³-hybridized carbons (Fsp3) is 0.300. The van der Waals surface area contributed by atoms with Gasteiger partial charge in [-0.25, -0.2) is 9.97 Å². The monoisotopic (exact) mass is 380 g/mol. The van der Waals surface area contributed by atoms with Gasteiger partial charge in [0, 0.05) is 36.1 Å². The molecule has 0 aliphatic carbocycles. The van der Waals surface area contributed by atoms with Crippen molar-refractivity contribution >= 4 is 17.2 Å².